The molecule has 16 heavy (non-hydrogen) atoms. The molecule has 0 fully saturated rings. The molecular weight excluding hydrogens is 198 g/mol. The Morgan fingerprint density at radius 1 is 1.19 bits per heavy atom. The van der Waals surface area contributed by atoms with Crippen molar-refractivity contribution in [3.05, 3.63) is 48.5 Å². The second-order valence-electron chi connectivity index (χ2n) is 3.66. The van der Waals surface area contributed by atoms with Gasteiger partial charge in [-0.25, -0.2) is 4.79 Å². The molecule has 0 heterocycles. The van der Waals surface area contributed by atoms with E-state index < -0.39 is 0 Å². The van der Waals surface area contributed by atoms with Crippen molar-refractivity contribution < 1.29 is 4.79 Å². The Bertz CT molecular complexity index is 566. The maximum Gasteiger partial charge on any atom is 0.240 e. The molecule has 2 rings (SSSR count). The van der Waals surface area contributed by atoms with E-state index in [4.69, 9.17) is 0 Å². The number of hydrogen-bond donors (Lipinski definition) is 0. The molecule has 0 aliphatic carbocycles. The number of benzene rings is 2. The summed E-state index contributed by atoms with van der Waals surface area (Å²) in [6.07, 6.45) is 1.58. The van der Waals surface area contributed by atoms with E-state index in [9.17, 15) is 4.79 Å². The fourth-order valence-corrected chi connectivity index (χ4v) is 1.81. The second-order valence-corrected chi connectivity index (χ2v) is 3.66. The fourth-order valence-electron chi connectivity index (χ4n) is 1.81. The van der Waals surface area contributed by atoms with E-state index in [1.54, 1.807) is 12.1 Å². The van der Waals surface area contributed by atoms with Crippen LogP contribution in [0.4, 0.5) is 5.69 Å². The highest BCUT2D eigenvalue weighted by Crippen LogP contribution is 2.30. The summed E-state index contributed by atoms with van der Waals surface area (Å²) in [5.41, 5.74) is 2.73. The van der Waals surface area contributed by atoms with Crippen LogP contribution in [0.1, 0.15) is 12.5 Å². The van der Waals surface area contributed by atoms with E-state index in [2.05, 4.69) is 11.6 Å². The number of nitrogens with zero attached hydrogens (tertiary/aromatic N) is 1. The van der Waals surface area contributed by atoms with Gasteiger partial charge in [0.2, 0.25) is 6.08 Å². The van der Waals surface area contributed by atoms with Crippen molar-refractivity contribution in [3.63, 3.8) is 0 Å². The quantitative estimate of drug-likeness (QED) is 0.545. The summed E-state index contributed by atoms with van der Waals surface area (Å²) < 4.78 is 0. The zero-order chi connectivity index (χ0) is 11.5. The molecule has 0 atom stereocenters. The van der Waals surface area contributed by atoms with Crippen molar-refractivity contribution in [2.24, 2.45) is 4.99 Å². The van der Waals surface area contributed by atoms with Gasteiger partial charge in [0.1, 0.15) is 0 Å². The summed E-state index contributed by atoms with van der Waals surface area (Å²) in [7, 11) is 0. The van der Waals surface area contributed by atoms with E-state index in [1.807, 2.05) is 37.3 Å². The Labute approximate surface area is 93.9 Å². The van der Waals surface area contributed by atoms with Gasteiger partial charge in [-0.2, -0.15) is 4.99 Å². The van der Waals surface area contributed by atoms with Gasteiger partial charge < -0.3 is 0 Å². The number of rotatable bonds is 2. The van der Waals surface area contributed by atoms with Crippen LogP contribution in [0.2, 0.25) is 0 Å². The summed E-state index contributed by atoms with van der Waals surface area (Å²) in [5, 5.41) is 2.01. The first-order valence-corrected chi connectivity index (χ1v) is 4.99. The molecule has 2 aromatic rings. The van der Waals surface area contributed by atoms with Gasteiger partial charge in [-0.05, 0) is 23.9 Å². The van der Waals surface area contributed by atoms with Crippen LogP contribution in [0, 0.1) is 0 Å². The largest absolute Gasteiger partial charge is 0.240 e. The topological polar surface area (TPSA) is 29.4 Å². The number of fused-ring (bicyclic) bond motifs is 1. The van der Waals surface area contributed by atoms with Crippen LogP contribution < -0.4 is 0 Å². The maximum absolute atomic E-state index is 10.3. The van der Waals surface area contributed by atoms with Crippen LogP contribution in [-0.4, -0.2) is 6.08 Å². The van der Waals surface area contributed by atoms with Crippen molar-refractivity contribution in [2.75, 3.05) is 0 Å². The van der Waals surface area contributed by atoms with Gasteiger partial charge in [-0.15, -0.1) is 0 Å². The number of aliphatic imine (C=N–C) groups is 1. The van der Waals surface area contributed by atoms with E-state index in [1.165, 1.54) is 0 Å². The molecule has 2 heteroatoms. The van der Waals surface area contributed by atoms with Crippen molar-refractivity contribution >= 4 is 28.1 Å². The lowest BCUT2D eigenvalue weighted by Crippen LogP contribution is -1.82. The molecule has 0 radical (unpaired) electrons. The zero-order valence-electron chi connectivity index (χ0n) is 9.03. The third-order valence-electron chi connectivity index (χ3n) is 2.52. The molecule has 0 aromatic heterocycles. The predicted molar refractivity (Wildman–Crippen MR) is 66.4 cm³/mol. The minimum absolute atomic E-state index is 0.649. The van der Waals surface area contributed by atoms with Gasteiger partial charge in [-0.1, -0.05) is 42.5 Å². The molecule has 0 saturated carbocycles. The van der Waals surface area contributed by atoms with Crippen molar-refractivity contribution in [1.29, 1.82) is 0 Å². The van der Waals surface area contributed by atoms with Crippen LogP contribution >= 0.6 is 0 Å². The molecule has 0 unspecified atom stereocenters. The number of hydrogen-bond acceptors (Lipinski definition) is 2. The van der Waals surface area contributed by atoms with Gasteiger partial charge in [-0.3, -0.25) is 0 Å². The molecule has 0 aliphatic rings. The normalized spacial score (nSPS) is 9.81. The molecular formula is C14H11NO. The molecule has 0 amide bonds. The lowest BCUT2D eigenvalue weighted by atomic mass is 9.99. The lowest BCUT2D eigenvalue weighted by Gasteiger charge is -2.06. The van der Waals surface area contributed by atoms with Crippen LogP contribution in [0.5, 0.6) is 0 Å². The highest BCUT2D eigenvalue weighted by atomic mass is 16.1. The summed E-state index contributed by atoms with van der Waals surface area (Å²) >= 11 is 0. The van der Waals surface area contributed by atoms with Gasteiger partial charge in [0.05, 0.1) is 5.69 Å². The Morgan fingerprint density at radius 3 is 2.56 bits per heavy atom. The smallest absolute Gasteiger partial charge is 0.211 e. The van der Waals surface area contributed by atoms with Crippen LogP contribution in [-0.2, 0) is 4.79 Å². The van der Waals surface area contributed by atoms with E-state index in [-0.39, 0.29) is 0 Å². The Hall–Kier alpha value is -2.18. The summed E-state index contributed by atoms with van der Waals surface area (Å²) in [4.78, 5) is 14.0. The third-order valence-corrected chi connectivity index (χ3v) is 2.52. The molecule has 0 aliphatic heterocycles. The Kier molecular flexibility index (Phi) is 2.67. The highest BCUT2D eigenvalue weighted by molar-refractivity contribution is 5.99. The molecule has 2 aromatic carbocycles. The molecule has 0 spiro atoms. The predicted octanol–water partition coefficient (Wildman–Crippen LogP) is 3.84. The SMILES string of the molecule is C=C(C)c1cccc2c(N=C=O)cccc12. The third kappa shape index (κ3) is 1.67. The molecule has 0 bridgehead atoms. The number of carbonyl (C=O) groups excluding carboxylic acids is 1. The number of isocyanates is 1. The minimum Gasteiger partial charge on any atom is -0.211 e. The van der Waals surface area contributed by atoms with Gasteiger partial charge in [0.15, 0.2) is 0 Å². The number of allylic oxidation sites excluding steroid dienone is 1. The average molecular weight is 209 g/mol. The fraction of sp³-hybridized carbons (Fsp3) is 0.0714. The summed E-state index contributed by atoms with van der Waals surface area (Å²) in [6.45, 7) is 5.91. The first-order chi connectivity index (χ1) is 7.74. The van der Waals surface area contributed by atoms with E-state index in [0.717, 1.165) is 21.9 Å². The van der Waals surface area contributed by atoms with Crippen molar-refractivity contribution in [2.45, 2.75) is 6.92 Å². The maximum atomic E-state index is 10.3. The Morgan fingerprint density at radius 2 is 1.88 bits per heavy atom. The average Bonchev–Trinajstić information content (AvgIpc) is 2.29. The van der Waals surface area contributed by atoms with Crippen LogP contribution in [0.25, 0.3) is 16.3 Å². The van der Waals surface area contributed by atoms with Crippen molar-refractivity contribution in [3.8, 4) is 0 Å². The van der Waals surface area contributed by atoms with E-state index >= 15 is 0 Å². The van der Waals surface area contributed by atoms with Crippen molar-refractivity contribution in [1.82, 2.24) is 0 Å². The summed E-state index contributed by atoms with van der Waals surface area (Å²) in [5.74, 6) is 0. The second kappa shape index (κ2) is 4.13. The summed E-state index contributed by atoms with van der Waals surface area (Å²) in [6, 6.07) is 11.6. The molecule has 2 nitrogen and oxygen atoms in total. The zero-order valence-corrected chi connectivity index (χ0v) is 9.03. The van der Waals surface area contributed by atoms with Gasteiger partial charge >= 0.3 is 0 Å². The molecule has 78 valence electrons. The highest BCUT2D eigenvalue weighted by Gasteiger charge is 2.04. The molecule has 0 saturated heterocycles. The lowest BCUT2D eigenvalue weighted by molar-refractivity contribution is 0.565. The molecule has 0 N–H and O–H groups in total. The van der Waals surface area contributed by atoms with E-state index in [0.29, 0.717) is 5.69 Å². The minimum atomic E-state index is 0.649. The first kappa shape index (κ1) is 10.3. The monoisotopic (exact) mass is 209 g/mol. The first-order valence-electron chi connectivity index (χ1n) is 4.99. The van der Waals surface area contributed by atoms with Gasteiger partial charge in [0.25, 0.3) is 0 Å². The van der Waals surface area contributed by atoms with Crippen LogP contribution in [0.3, 0.4) is 0 Å². The van der Waals surface area contributed by atoms with Crippen LogP contribution in [0.15, 0.2) is 48.0 Å². The standard InChI is InChI=1S/C14H11NO/c1-10(2)11-5-3-7-13-12(11)6-4-8-14(13)15-9-16/h3-8H,1H2,2H3. The Balaban J connectivity index is 2.86. The van der Waals surface area contributed by atoms with Gasteiger partial charge in [0, 0.05) is 5.39 Å².